The summed E-state index contributed by atoms with van der Waals surface area (Å²) in [5.41, 5.74) is 2.10. The Balaban J connectivity index is 1.39. The first-order valence-electron chi connectivity index (χ1n) is 8.05. The van der Waals surface area contributed by atoms with Gasteiger partial charge in [-0.3, -0.25) is 9.78 Å². The third-order valence-electron chi connectivity index (χ3n) is 4.34. The maximum Gasteiger partial charge on any atom is 0.232 e. The predicted molar refractivity (Wildman–Crippen MR) is 89.6 cm³/mol. The van der Waals surface area contributed by atoms with Gasteiger partial charge in [-0.05, 0) is 11.6 Å². The molecule has 1 atom stereocenters. The van der Waals surface area contributed by atoms with Crippen molar-refractivity contribution in [2.24, 2.45) is 0 Å². The molecule has 1 N–H and O–H groups in total. The lowest BCUT2D eigenvalue weighted by atomic mass is 10.1. The molecule has 4 rings (SSSR count). The number of hydrogen-bond acceptors (Lipinski definition) is 4. The van der Waals surface area contributed by atoms with Crippen molar-refractivity contribution in [2.75, 3.05) is 13.1 Å². The number of hydrogen-bond donors (Lipinski definition) is 1. The summed E-state index contributed by atoms with van der Waals surface area (Å²) in [5, 5.41) is 1.11. The third-order valence-corrected chi connectivity index (χ3v) is 4.34. The Kier molecular flexibility index (Phi) is 3.86. The number of amides is 1. The number of likely N-dealkylation sites (tertiary alicyclic amines) is 1. The SMILES string of the molecule is O=C(Cc1c[nH]c2ccccc12)N1CC[C@H](Oc2cnccn2)C1. The lowest BCUT2D eigenvalue weighted by Crippen LogP contribution is -2.32. The molecule has 0 aliphatic carbocycles. The first-order chi connectivity index (χ1) is 11.8. The molecule has 1 amide bonds. The smallest absolute Gasteiger partial charge is 0.232 e. The zero-order chi connectivity index (χ0) is 16.4. The molecular weight excluding hydrogens is 304 g/mol. The van der Waals surface area contributed by atoms with Gasteiger partial charge in [-0.2, -0.15) is 0 Å². The van der Waals surface area contributed by atoms with E-state index in [2.05, 4.69) is 15.0 Å². The van der Waals surface area contributed by atoms with Crippen molar-refractivity contribution in [1.82, 2.24) is 19.9 Å². The fourth-order valence-corrected chi connectivity index (χ4v) is 3.12. The molecule has 6 heteroatoms. The van der Waals surface area contributed by atoms with Crippen molar-refractivity contribution < 1.29 is 9.53 Å². The molecule has 1 aliphatic heterocycles. The van der Waals surface area contributed by atoms with Crippen LogP contribution in [-0.2, 0) is 11.2 Å². The minimum Gasteiger partial charge on any atom is -0.471 e. The van der Waals surface area contributed by atoms with Crippen LogP contribution in [0.3, 0.4) is 0 Å². The van der Waals surface area contributed by atoms with Crippen LogP contribution < -0.4 is 4.74 Å². The van der Waals surface area contributed by atoms with Crippen molar-refractivity contribution >= 4 is 16.8 Å². The highest BCUT2D eigenvalue weighted by molar-refractivity contribution is 5.89. The second-order valence-corrected chi connectivity index (χ2v) is 5.95. The van der Waals surface area contributed by atoms with Gasteiger partial charge in [0, 0.05) is 42.5 Å². The lowest BCUT2D eigenvalue weighted by molar-refractivity contribution is -0.129. The molecule has 122 valence electrons. The van der Waals surface area contributed by atoms with E-state index in [1.165, 1.54) is 0 Å². The number of para-hydroxylation sites is 1. The number of aromatic amines is 1. The van der Waals surface area contributed by atoms with Crippen LogP contribution >= 0.6 is 0 Å². The van der Waals surface area contributed by atoms with Crippen LogP contribution in [0.1, 0.15) is 12.0 Å². The van der Waals surface area contributed by atoms with Crippen molar-refractivity contribution in [3.8, 4) is 5.88 Å². The quantitative estimate of drug-likeness (QED) is 0.799. The largest absolute Gasteiger partial charge is 0.471 e. The van der Waals surface area contributed by atoms with E-state index in [4.69, 9.17) is 4.74 Å². The van der Waals surface area contributed by atoms with Crippen LogP contribution in [0.15, 0.2) is 49.1 Å². The summed E-state index contributed by atoms with van der Waals surface area (Å²) in [6, 6.07) is 8.03. The molecule has 0 bridgehead atoms. The van der Waals surface area contributed by atoms with Gasteiger partial charge in [0.1, 0.15) is 6.10 Å². The fourth-order valence-electron chi connectivity index (χ4n) is 3.12. The van der Waals surface area contributed by atoms with Gasteiger partial charge in [-0.15, -0.1) is 0 Å². The van der Waals surface area contributed by atoms with Gasteiger partial charge in [0.2, 0.25) is 11.8 Å². The van der Waals surface area contributed by atoms with E-state index in [1.54, 1.807) is 18.6 Å². The minimum atomic E-state index is -0.0198. The topological polar surface area (TPSA) is 71.1 Å². The van der Waals surface area contributed by atoms with Gasteiger partial charge in [0.25, 0.3) is 0 Å². The van der Waals surface area contributed by atoms with E-state index in [0.717, 1.165) is 22.9 Å². The second kappa shape index (κ2) is 6.31. The summed E-state index contributed by atoms with van der Waals surface area (Å²) in [6.07, 6.45) is 7.93. The van der Waals surface area contributed by atoms with Gasteiger partial charge in [0.15, 0.2) is 0 Å². The predicted octanol–water partition coefficient (Wildman–Crippen LogP) is 2.18. The third kappa shape index (κ3) is 2.95. The Morgan fingerprint density at radius 3 is 3.12 bits per heavy atom. The summed E-state index contributed by atoms with van der Waals surface area (Å²) in [7, 11) is 0. The standard InChI is InChI=1S/C18H18N4O2/c23-18(9-13-10-21-16-4-2-1-3-15(13)16)22-8-5-14(12-22)24-17-11-19-6-7-20-17/h1-4,6-7,10-11,14,21H,5,8-9,12H2/t14-/m0/s1. The summed E-state index contributed by atoms with van der Waals surface area (Å²) in [5.74, 6) is 0.637. The van der Waals surface area contributed by atoms with Crippen molar-refractivity contribution in [1.29, 1.82) is 0 Å². The highest BCUT2D eigenvalue weighted by Gasteiger charge is 2.28. The number of fused-ring (bicyclic) bond motifs is 1. The zero-order valence-electron chi connectivity index (χ0n) is 13.2. The average Bonchev–Trinajstić information content (AvgIpc) is 3.24. The molecule has 24 heavy (non-hydrogen) atoms. The van der Waals surface area contributed by atoms with Crippen molar-refractivity contribution in [3.63, 3.8) is 0 Å². The molecule has 0 unspecified atom stereocenters. The number of benzene rings is 1. The fraction of sp³-hybridized carbons (Fsp3) is 0.278. The van der Waals surface area contributed by atoms with Gasteiger partial charge < -0.3 is 14.6 Å². The first-order valence-corrected chi connectivity index (χ1v) is 8.05. The van der Waals surface area contributed by atoms with E-state index in [0.29, 0.717) is 25.4 Å². The number of carbonyl (C=O) groups excluding carboxylic acids is 1. The number of nitrogens with zero attached hydrogens (tertiary/aromatic N) is 3. The van der Waals surface area contributed by atoms with E-state index >= 15 is 0 Å². The number of carbonyl (C=O) groups is 1. The average molecular weight is 322 g/mol. The molecule has 1 aliphatic rings. The molecule has 0 radical (unpaired) electrons. The molecule has 0 spiro atoms. The van der Waals surface area contributed by atoms with Gasteiger partial charge in [-0.1, -0.05) is 18.2 Å². The highest BCUT2D eigenvalue weighted by atomic mass is 16.5. The maximum atomic E-state index is 12.6. The molecule has 1 aromatic carbocycles. The molecule has 1 saturated heterocycles. The van der Waals surface area contributed by atoms with Crippen molar-refractivity contribution in [3.05, 3.63) is 54.6 Å². The Morgan fingerprint density at radius 2 is 2.25 bits per heavy atom. The number of rotatable bonds is 4. The van der Waals surface area contributed by atoms with Gasteiger partial charge >= 0.3 is 0 Å². The molecule has 2 aromatic heterocycles. The molecule has 3 heterocycles. The number of ether oxygens (including phenoxy) is 1. The van der Waals surface area contributed by atoms with Crippen LogP contribution in [-0.4, -0.2) is 45.0 Å². The Labute approximate surface area is 139 Å². The van der Waals surface area contributed by atoms with Crippen LogP contribution in [0.25, 0.3) is 10.9 Å². The van der Waals surface area contributed by atoms with Crippen LogP contribution in [0.5, 0.6) is 5.88 Å². The van der Waals surface area contributed by atoms with E-state index < -0.39 is 0 Å². The van der Waals surface area contributed by atoms with E-state index in [1.807, 2.05) is 35.4 Å². The van der Waals surface area contributed by atoms with Gasteiger partial charge in [-0.25, -0.2) is 4.98 Å². The Hall–Kier alpha value is -2.89. The molecule has 3 aromatic rings. The van der Waals surface area contributed by atoms with Crippen LogP contribution in [0.4, 0.5) is 0 Å². The molecular formula is C18H18N4O2. The number of aromatic nitrogens is 3. The summed E-state index contributed by atoms with van der Waals surface area (Å²) in [4.78, 5) is 25.8. The van der Waals surface area contributed by atoms with E-state index in [-0.39, 0.29) is 12.0 Å². The highest BCUT2D eigenvalue weighted by Crippen LogP contribution is 2.21. The Morgan fingerprint density at radius 1 is 1.33 bits per heavy atom. The monoisotopic (exact) mass is 322 g/mol. The van der Waals surface area contributed by atoms with Crippen LogP contribution in [0, 0.1) is 0 Å². The van der Waals surface area contributed by atoms with Crippen molar-refractivity contribution in [2.45, 2.75) is 18.9 Å². The second-order valence-electron chi connectivity index (χ2n) is 5.95. The molecule has 1 fully saturated rings. The number of H-pyrrole nitrogens is 1. The minimum absolute atomic E-state index is 0.0198. The summed E-state index contributed by atoms with van der Waals surface area (Å²) in [6.45, 7) is 1.31. The first kappa shape index (κ1) is 14.7. The molecule has 0 saturated carbocycles. The Bertz CT molecular complexity index is 846. The van der Waals surface area contributed by atoms with E-state index in [9.17, 15) is 4.79 Å². The number of nitrogens with one attached hydrogen (secondary N) is 1. The zero-order valence-corrected chi connectivity index (χ0v) is 13.2. The van der Waals surface area contributed by atoms with Gasteiger partial charge in [0.05, 0.1) is 19.2 Å². The normalized spacial score (nSPS) is 17.3. The lowest BCUT2D eigenvalue weighted by Gasteiger charge is -2.16. The summed E-state index contributed by atoms with van der Waals surface area (Å²) >= 11 is 0. The maximum absolute atomic E-state index is 12.6. The van der Waals surface area contributed by atoms with Crippen LogP contribution in [0.2, 0.25) is 0 Å². The summed E-state index contributed by atoms with van der Waals surface area (Å²) < 4.78 is 5.79. The molecule has 6 nitrogen and oxygen atoms in total.